The highest BCUT2D eigenvalue weighted by molar-refractivity contribution is 9.08. The van der Waals surface area contributed by atoms with Gasteiger partial charge >= 0.3 is 0 Å². The van der Waals surface area contributed by atoms with Crippen molar-refractivity contribution in [3.05, 3.63) is 35.4 Å². The van der Waals surface area contributed by atoms with Gasteiger partial charge in [0.1, 0.15) is 0 Å². The maximum Gasteiger partial charge on any atom is 0.251 e. The summed E-state index contributed by atoms with van der Waals surface area (Å²) in [7, 11) is 0. The minimum Gasteiger partial charge on any atom is -0.349 e. The number of carbonyl (C=O) groups excluding carboxylic acids is 1. The quantitative estimate of drug-likeness (QED) is 0.652. The predicted octanol–water partition coefficient (Wildman–Crippen LogP) is 4.28. The SMILES string of the molecule is CC1CCCC(NC(=O)c2ccc(CBr)cc2)CC1. The standard InChI is InChI=1S/C16H22BrNO/c1-12-3-2-4-15(10-5-12)18-16(19)14-8-6-13(11-17)7-9-14/h6-9,12,15H,2-5,10-11H2,1H3,(H,18,19). The monoisotopic (exact) mass is 323 g/mol. The summed E-state index contributed by atoms with van der Waals surface area (Å²) >= 11 is 3.41. The largest absolute Gasteiger partial charge is 0.349 e. The molecular formula is C16H22BrNO. The first-order chi connectivity index (χ1) is 9.19. The molecule has 0 radical (unpaired) electrons. The van der Waals surface area contributed by atoms with Gasteiger partial charge in [-0.05, 0) is 42.9 Å². The number of nitrogens with one attached hydrogen (secondary N) is 1. The minimum atomic E-state index is 0.0701. The molecule has 1 fully saturated rings. The van der Waals surface area contributed by atoms with Crippen molar-refractivity contribution < 1.29 is 4.79 Å². The van der Waals surface area contributed by atoms with Crippen LogP contribution in [0.15, 0.2) is 24.3 Å². The van der Waals surface area contributed by atoms with E-state index in [1.54, 1.807) is 0 Å². The molecule has 0 aromatic heterocycles. The van der Waals surface area contributed by atoms with Crippen LogP contribution in [0.2, 0.25) is 0 Å². The molecule has 1 aliphatic carbocycles. The van der Waals surface area contributed by atoms with Crippen LogP contribution < -0.4 is 5.32 Å². The van der Waals surface area contributed by atoms with Gasteiger partial charge in [0.2, 0.25) is 0 Å². The number of rotatable bonds is 3. The number of benzene rings is 1. The Balaban J connectivity index is 1.92. The van der Waals surface area contributed by atoms with Gasteiger partial charge in [-0.2, -0.15) is 0 Å². The molecule has 0 bridgehead atoms. The van der Waals surface area contributed by atoms with Gasteiger partial charge in [-0.1, -0.05) is 47.8 Å². The van der Waals surface area contributed by atoms with Crippen LogP contribution >= 0.6 is 15.9 Å². The summed E-state index contributed by atoms with van der Waals surface area (Å²) in [6, 6.07) is 8.17. The van der Waals surface area contributed by atoms with E-state index in [0.717, 1.165) is 29.7 Å². The highest BCUT2D eigenvalue weighted by atomic mass is 79.9. The lowest BCUT2D eigenvalue weighted by atomic mass is 10.0. The van der Waals surface area contributed by atoms with Gasteiger partial charge in [-0.25, -0.2) is 0 Å². The fraction of sp³-hybridized carbons (Fsp3) is 0.562. The van der Waals surface area contributed by atoms with Crippen LogP contribution in [-0.2, 0) is 5.33 Å². The van der Waals surface area contributed by atoms with Crippen molar-refractivity contribution in [2.45, 2.75) is 50.4 Å². The molecule has 2 nitrogen and oxygen atoms in total. The average molecular weight is 324 g/mol. The van der Waals surface area contributed by atoms with Crippen LogP contribution in [0, 0.1) is 5.92 Å². The van der Waals surface area contributed by atoms with Crippen LogP contribution in [0.3, 0.4) is 0 Å². The van der Waals surface area contributed by atoms with Gasteiger partial charge in [0, 0.05) is 16.9 Å². The van der Waals surface area contributed by atoms with Crippen molar-refractivity contribution >= 4 is 21.8 Å². The lowest BCUT2D eigenvalue weighted by Gasteiger charge is -2.16. The summed E-state index contributed by atoms with van der Waals surface area (Å²) in [5, 5.41) is 4.01. The molecule has 2 atom stereocenters. The van der Waals surface area contributed by atoms with Crippen LogP contribution in [0.25, 0.3) is 0 Å². The molecule has 1 aromatic carbocycles. The maximum absolute atomic E-state index is 12.2. The second-order valence-electron chi connectivity index (χ2n) is 5.61. The zero-order valence-electron chi connectivity index (χ0n) is 11.5. The molecular weight excluding hydrogens is 302 g/mol. The summed E-state index contributed by atoms with van der Waals surface area (Å²) in [6.07, 6.45) is 6.00. The van der Waals surface area contributed by atoms with Crippen molar-refractivity contribution in [2.75, 3.05) is 0 Å². The zero-order chi connectivity index (χ0) is 13.7. The van der Waals surface area contributed by atoms with E-state index in [4.69, 9.17) is 0 Å². The summed E-state index contributed by atoms with van der Waals surface area (Å²) in [5.74, 6) is 0.876. The summed E-state index contributed by atoms with van der Waals surface area (Å²) < 4.78 is 0. The average Bonchev–Trinajstić information content (AvgIpc) is 2.64. The Morgan fingerprint density at radius 3 is 2.63 bits per heavy atom. The number of hydrogen-bond donors (Lipinski definition) is 1. The van der Waals surface area contributed by atoms with Gasteiger partial charge in [0.05, 0.1) is 0 Å². The highest BCUT2D eigenvalue weighted by Gasteiger charge is 2.18. The molecule has 0 aliphatic heterocycles. The van der Waals surface area contributed by atoms with E-state index in [-0.39, 0.29) is 5.91 Å². The Hall–Kier alpha value is -0.830. The second kappa shape index (κ2) is 7.09. The van der Waals surface area contributed by atoms with Gasteiger partial charge in [0.25, 0.3) is 5.91 Å². The lowest BCUT2D eigenvalue weighted by Crippen LogP contribution is -2.34. The van der Waals surface area contributed by atoms with Crippen molar-refractivity contribution in [1.29, 1.82) is 0 Å². The van der Waals surface area contributed by atoms with Crippen molar-refractivity contribution in [1.82, 2.24) is 5.32 Å². The first-order valence-corrected chi connectivity index (χ1v) is 8.27. The van der Waals surface area contributed by atoms with E-state index >= 15 is 0 Å². The number of halogens is 1. The maximum atomic E-state index is 12.2. The molecule has 0 spiro atoms. The Bertz CT molecular complexity index is 415. The van der Waals surface area contributed by atoms with E-state index in [1.165, 1.54) is 24.8 Å². The van der Waals surface area contributed by atoms with Crippen molar-refractivity contribution in [3.8, 4) is 0 Å². The van der Waals surface area contributed by atoms with Gasteiger partial charge in [-0.3, -0.25) is 4.79 Å². The zero-order valence-corrected chi connectivity index (χ0v) is 13.1. The lowest BCUT2D eigenvalue weighted by molar-refractivity contribution is 0.0933. The molecule has 1 saturated carbocycles. The summed E-state index contributed by atoms with van der Waals surface area (Å²) in [5.41, 5.74) is 1.96. The number of alkyl halides is 1. The molecule has 1 aromatic rings. The Morgan fingerprint density at radius 2 is 1.95 bits per heavy atom. The Labute approximate surface area is 124 Å². The molecule has 104 valence electrons. The predicted molar refractivity (Wildman–Crippen MR) is 82.6 cm³/mol. The molecule has 0 saturated heterocycles. The van der Waals surface area contributed by atoms with Crippen LogP contribution in [0.5, 0.6) is 0 Å². The number of hydrogen-bond acceptors (Lipinski definition) is 1. The molecule has 2 rings (SSSR count). The Morgan fingerprint density at radius 1 is 1.21 bits per heavy atom. The molecule has 2 unspecified atom stereocenters. The number of amides is 1. The minimum absolute atomic E-state index is 0.0701. The third-order valence-corrected chi connectivity index (χ3v) is 4.61. The van der Waals surface area contributed by atoms with Crippen LogP contribution in [0.4, 0.5) is 0 Å². The molecule has 1 amide bonds. The van der Waals surface area contributed by atoms with Crippen LogP contribution in [-0.4, -0.2) is 11.9 Å². The summed E-state index contributed by atoms with van der Waals surface area (Å²) in [6.45, 7) is 2.31. The van der Waals surface area contributed by atoms with E-state index in [9.17, 15) is 4.79 Å². The first-order valence-electron chi connectivity index (χ1n) is 7.15. The van der Waals surface area contributed by atoms with Crippen molar-refractivity contribution in [3.63, 3.8) is 0 Å². The van der Waals surface area contributed by atoms with E-state index in [0.29, 0.717) is 6.04 Å². The van der Waals surface area contributed by atoms with Gasteiger partial charge in [0.15, 0.2) is 0 Å². The first kappa shape index (κ1) is 14.6. The molecule has 19 heavy (non-hydrogen) atoms. The Kier molecular flexibility index (Phi) is 5.44. The summed E-state index contributed by atoms with van der Waals surface area (Å²) in [4.78, 5) is 12.2. The van der Waals surface area contributed by atoms with E-state index < -0.39 is 0 Å². The van der Waals surface area contributed by atoms with Crippen molar-refractivity contribution in [2.24, 2.45) is 5.92 Å². The number of carbonyl (C=O) groups is 1. The third-order valence-electron chi connectivity index (χ3n) is 3.96. The smallest absolute Gasteiger partial charge is 0.251 e. The molecule has 3 heteroatoms. The molecule has 1 aliphatic rings. The van der Waals surface area contributed by atoms with E-state index in [1.807, 2.05) is 24.3 Å². The molecule has 0 heterocycles. The molecule has 1 N–H and O–H groups in total. The normalized spacial score (nSPS) is 23.7. The van der Waals surface area contributed by atoms with Gasteiger partial charge in [-0.15, -0.1) is 0 Å². The fourth-order valence-corrected chi connectivity index (χ4v) is 3.02. The second-order valence-corrected chi connectivity index (χ2v) is 6.18. The highest BCUT2D eigenvalue weighted by Crippen LogP contribution is 2.22. The topological polar surface area (TPSA) is 29.1 Å². The third kappa shape index (κ3) is 4.34. The van der Waals surface area contributed by atoms with Gasteiger partial charge < -0.3 is 5.32 Å². The van der Waals surface area contributed by atoms with E-state index in [2.05, 4.69) is 28.2 Å². The van der Waals surface area contributed by atoms with Crippen LogP contribution in [0.1, 0.15) is 54.9 Å². The fourth-order valence-electron chi connectivity index (χ4n) is 2.65.